The second-order valence-electron chi connectivity index (χ2n) is 8.15. The van der Waals surface area contributed by atoms with E-state index in [1.54, 1.807) is 23.8 Å². The van der Waals surface area contributed by atoms with Crippen LogP contribution >= 0.6 is 11.6 Å². The quantitative estimate of drug-likeness (QED) is 0.568. The number of hydrogen-bond donors (Lipinski definition) is 1. The molecule has 0 radical (unpaired) electrons. The van der Waals surface area contributed by atoms with Crippen LogP contribution in [0.4, 0.5) is 10.6 Å². The molecule has 1 N–H and O–H groups in total. The lowest BCUT2D eigenvalue weighted by molar-refractivity contribution is 0.108. The summed E-state index contributed by atoms with van der Waals surface area (Å²) in [4.78, 5) is 37.2. The molecule has 3 heterocycles. The Labute approximate surface area is 196 Å². The molecule has 33 heavy (non-hydrogen) atoms. The highest BCUT2D eigenvalue weighted by Gasteiger charge is 2.35. The van der Waals surface area contributed by atoms with Gasteiger partial charge >= 0.3 is 11.8 Å². The maximum Gasteiger partial charge on any atom is 0.407 e. The Balaban J connectivity index is 1.79. The molecular formula is C23H26ClN5O4. The summed E-state index contributed by atoms with van der Waals surface area (Å²) in [7, 11) is 1.60. The third-order valence-electron chi connectivity index (χ3n) is 6.10. The Bertz CT molecular complexity index is 1230. The fraction of sp³-hybridized carbons (Fsp3) is 0.391. The first-order valence-electron chi connectivity index (χ1n) is 10.8. The average Bonchev–Trinajstić information content (AvgIpc) is 2.81. The van der Waals surface area contributed by atoms with Crippen LogP contribution in [0.3, 0.4) is 0 Å². The van der Waals surface area contributed by atoms with Gasteiger partial charge in [-0.05, 0) is 43.2 Å². The highest BCUT2D eigenvalue weighted by atomic mass is 35.5. The van der Waals surface area contributed by atoms with Crippen LogP contribution in [-0.4, -0.2) is 62.9 Å². The standard InChI is InChI=1S/C23H26ClN5O4/c1-4-16-13-27(14(2)11-28(16)23(31)32)21-20-18(9-10-19(24)25-20)29(22(30)26-21)12-15-5-7-17(33-3)8-6-15/h5-10,14,16H,4,11-13H2,1-3H3,(H,31,32)/t14-,16+/m0/s1. The van der Waals surface area contributed by atoms with Gasteiger partial charge in [-0.2, -0.15) is 4.98 Å². The molecule has 0 saturated carbocycles. The molecule has 1 aliphatic rings. The molecule has 1 saturated heterocycles. The summed E-state index contributed by atoms with van der Waals surface area (Å²) in [5.74, 6) is 1.16. The van der Waals surface area contributed by atoms with Crippen molar-refractivity contribution >= 4 is 34.5 Å². The molecule has 2 atom stereocenters. The summed E-state index contributed by atoms with van der Waals surface area (Å²) in [6.45, 7) is 4.91. The van der Waals surface area contributed by atoms with Crippen molar-refractivity contribution in [1.29, 1.82) is 0 Å². The van der Waals surface area contributed by atoms with Crippen LogP contribution in [0.15, 0.2) is 41.2 Å². The number of rotatable bonds is 5. The molecule has 1 aliphatic heterocycles. The molecule has 3 aromatic rings. The third kappa shape index (κ3) is 4.45. The SMILES string of the molecule is CC[C@@H]1CN(c2nc(=O)n(Cc3ccc(OC)cc3)c3ccc(Cl)nc23)[C@@H](C)CN1C(=O)O. The molecule has 9 nitrogen and oxygen atoms in total. The van der Waals surface area contributed by atoms with Gasteiger partial charge in [-0.1, -0.05) is 30.7 Å². The fourth-order valence-electron chi connectivity index (χ4n) is 4.30. The van der Waals surface area contributed by atoms with E-state index in [0.717, 1.165) is 11.3 Å². The Morgan fingerprint density at radius 1 is 1.18 bits per heavy atom. The number of fused-ring (bicyclic) bond motifs is 1. The van der Waals surface area contributed by atoms with Crippen LogP contribution in [0.1, 0.15) is 25.8 Å². The zero-order chi connectivity index (χ0) is 23.7. The summed E-state index contributed by atoms with van der Waals surface area (Å²) < 4.78 is 6.78. The predicted molar refractivity (Wildman–Crippen MR) is 127 cm³/mol. The third-order valence-corrected chi connectivity index (χ3v) is 6.32. The van der Waals surface area contributed by atoms with Crippen LogP contribution < -0.4 is 15.3 Å². The molecule has 2 aromatic heterocycles. The van der Waals surface area contributed by atoms with Gasteiger partial charge in [-0.15, -0.1) is 0 Å². The number of aromatic nitrogens is 3. The smallest absolute Gasteiger partial charge is 0.407 e. The van der Waals surface area contributed by atoms with E-state index in [0.29, 0.717) is 48.1 Å². The molecule has 1 amide bonds. The van der Waals surface area contributed by atoms with Gasteiger partial charge in [0.1, 0.15) is 16.4 Å². The zero-order valence-electron chi connectivity index (χ0n) is 18.7. The zero-order valence-corrected chi connectivity index (χ0v) is 19.5. The fourth-order valence-corrected chi connectivity index (χ4v) is 4.45. The van der Waals surface area contributed by atoms with Crippen LogP contribution in [0, 0.1) is 0 Å². The topological polar surface area (TPSA) is 101 Å². The second kappa shape index (κ2) is 9.27. The number of ether oxygens (including phenoxy) is 1. The molecule has 4 rings (SSSR count). The highest BCUT2D eigenvalue weighted by molar-refractivity contribution is 6.29. The van der Waals surface area contributed by atoms with E-state index in [1.807, 2.05) is 43.0 Å². The predicted octanol–water partition coefficient (Wildman–Crippen LogP) is 3.47. The van der Waals surface area contributed by atoms with Crippen LogP contribution in [0.5, 0.6) is 5.75 Å². The Kier molecular flexibility index (Phi) is 6.42. The van der Waals surface area contributed by atoms with E-state index in [4.69, 9.17) is 16.3 Å². The largest absolute Gasteiger partial charge is 0.497 e. The second-order valence-corrected chi connectivity index (χ2v) is 8.54. The number of methoxy groups -OCH3 is 1. The van der Waals surface area contributed by atoms with Gasteiger partial charge in [0.2, 0.25) is 0 Å². The van der Waals surface area contributed by atoms with Gasteiger partial charge in [-0.25, -0.2) is 14.6 Å². The van der Waals surface area contributed by atoms with E-state index >= 15 is 0 Å². The van der Waals surface area contributed by atoms with Crippen molar-refractivity contribution in [2.24, 2.45) is 0 Å². The van der Waals surface area contributed by atoms with Crippen molar-refractivity contribution < 1.29 is 14.6 Å². The highest BCUT2D eigenvalue weighted by Crippen LogP contribution is 2.29. The lowest BCUT2D eigenvalue weighted by Crippen LogP contribution is -2.59. The number of carboxylic acid groups (broad SMARTS) is 1. The Morgan fingerprint density at radius 2 is 1.91 bits per heavy atom. The van der Waals surface area contributed by atoms with E-state index in [9.17, 15) is 14.7 Å². The van der Waals surface area contributed by atoms with Gasteiger partial charge < -0.3 is 19.6 Å². The van der Waals surface area contributed by atoms with Gasteiger partial charge in [0.15, 0.2) is 5.82 Å². The van der Waals surface area contributed by atoms with Crippen molar-refractivity contribution in [3.63, 3.8) is 0 Å². The molecule has 1 aromatic carbocycles. The molecule has 0 spiro atoms. The van der Waals surface area contributed by atoms with Gasteiger partial charge in [-0.3, -0.25) is 4.57 Å². The van der Waals surface area contributed by atoms with E-state index in [1.165, 1.54) is 4.90 Å². The molecular weight excluding hydrogens is 446 g/mol. The van der Waals surface area contributed by atoms with Crippen LogP contribution in [0.25, 0.3) is 11.0 Å². The number of carbonyl (C=O) groups is 1. The van der Waals surface area contributed by atoms with Crippen molar-refractivity contribution in [2.45, 2.75) is 38.9 Å². The first kappa shape index (κ1) is 22.8. The molecule has 0 unspecified atom stereocenters. The Morgan fingerprint density at radius 3 is 2.55 bits per heavy atom. The summed E-state index contributed by atoms with van der Waals surface area (Å²) >= 11 is 6.23. The maximum atomic E-state index is 13.2. The van der Waals surface area contributed by atoms with E-state index < -0.39 is 11.8 Å². The molecule has 10 heteroatoms. The normalized spacial score (nSPS) is 18.5. The minimum absolute atomic E-state index is 0.183. The Hall–Kier alpha value is -3.33. The van der Waals surface area contributed by atoms with Gasteiger partial charge in [0.25, 0.3) is 0 Å². The minimum atomic E-state index is -0.942. The number of pyridine rings is 1. The summed E-state index contributed by atoms with van der Waals surface area (Å²) in [6, 6.07) is 10.5. The molecule has 174 valence electrons. The van der Waals surface area contributed by atoms with Gasteiger partial charge in [0.05, 0.1) is 25.2 Å². The number of halogens is 1. The van der Waals surface area contributed by atoms with Crippen molar-refractivity contribution in [3.05, 3.63) is 57.6 Å². The van der Waals surface area contributed by atoms with Crippen LogP contribution in [0.2, 0.25) is 5.15 Å². The average molecular weight is 472 g/mol. The van der Waals surface area contributed by atoms with E-state index in [-0.39, 0.29) is 12.1 Å². The monoisotopic (exact) mass is 471 g/mol. The number of nitrogens with zero attached hydrogens (tertiary/aromatic N) is 5. The number of anilines is 1. The molecule has 1 fully saturated rings. The number of piperazine rings is 1. The minimum Gasteiger partial charge on any atom is -0.497 e. The first-order valence-corrected chi connectivity index (χ1v) is 11.2. The lowest BCUT2D eigenvalue weighted by atomic mass is 10.1. The van der Waals surface area contributed by atoms with Crippen molar-refractivity contribution in [3.8, 4) is 5.75 Å². The van der Waals surface area contributed by atoms with Gasteiger partial charge in [0, 0.05) is 19.1 Å². The first-order chi connectivity index (χ1) is 15.8. The number of benzene rings is 1. The maximum absolute atomic E-state index is 13.2. The summed E-state index contributed by atoms with van der Waals surface area (Å²) in [5, 5.41) is 9.87. The van der Waals surface area contributed by atoms with Crippen molar-refractivity contribution in [1.82, 2.24) is 19.4 Å². The number of amides is 1. The van der Waals surface area contributed by atoms with Crippen LogP contribution in [-0.2, 0) is 6.54 Å². The summed E-state index contributed by atoms with van der Waals surface area (Å²) in [5.41, 5.74) is 1.64. The lowest BCUT2D eigenvalue weighted by Gasteiger charge is -2.44. The number of hydrogen-bond acceptors (Lipinski definition) is 6. The van der Waals surface area contributed by atoms with Crippen molar-refractivity contribution in [2.75, 3.05) is 25.1 Å². The summed E-state index contributed by atoms with van der Waals surface area (Å²) in [6.07, 6.45) is -0.293. The van der Waals surface area contributed by atoms with E-state index in [2.05, 4.69) is 9.97 Å². The molecule has 0 aliphatic carbocycles. The molecule has 0 bridgehead atoms.